The lowest BCUT2D eigenvalue weighted by Gasteiger charge is -2.26. The fourth-order valence-electron chi connectivity index (χ4n) is 3.46. The van der Waals surface area contributed by atoms with E-state index in [2.05, 4.69) is 10.6 Å². The molecule has 1 aromatic carbocycles. The highest BCUT2D eigenvalue weighted by Crippen LogP contribution is 2.18. The molecule has 1 aliphatic heterocycles. The number of rotatable bonds is 9. The molecular formula is C21H30N4O5. The van der Waals surface area contributed by atoms with Gasteiger partial charge in [0.15, 0.2) is 0 Å². The maximum atomic E-state index is 12.6. The summed E-state index contributed by atoms with van der Waals surface area (Å²) < 4.78 is 0. The molecule has 1 aliphatic rings. The SMILES string of the molecule is CC(C)C(NC(=O)C1CCCN1C(=O)CNC(=O)C(N)Cc1ccccc1)C(=O)O. The van der Waals surface area contributed by atoms with Gasteiger partial charge >= 0.3 is 5.97 Å². The van der Waals surface area contributed by atoms with Crippen LogP contribution in [0.1, 0.15) is 32.3 Å². The van der Waals surface area contributed by atoms with Gasteiger partial charge in [0, 0.05) is 6.54 Å². The van der Waals surface area contributed by atoms with Crippen LogP contribution in [0.3, 0.4) is 0 Å². The number of likely N-dealkylation sites (tertiary alicyclic amines) is 1. The number of carbonyl (C=O) groups excluding carboxylic acids is 3. The second-order valence-corrected chi connectivity index (χ2v) is 7.83. The first-order valence-corrected chi connectivity index (χ1v) is 10.1. The highest BCUT2D eigenvalue weighted by atomic mass is 16.4. The Morgan fingerprint density at radius 2 is 1.87 bits per heavy atom. The smallest absolute Gasteiger partial charge is 0.326 e. The average molecular weight is 418 g/mol. The van der Waals surface area contributed by atoms with E-state index >= 15 is 0 Å². The summed E-state index contributed by atoms with van der Waals surface area (Å²) in [5, 5.41) is 14.3. The molecule has 0 saturated carbocycles. The van der Waals surface area contributed by atoms with Gasteiger partial charge in [-0.15, -0.1) is 0 Å². The van der Waals surface area contributed by atoms with E-state index < -0.39 is 41.8 Å². The topological polar surface area (TPSA) is 142 Å². The molecule has 1 saturated heterocycles. The maximum Gasteiger partial charge on any atom is 0.326 e. The Kier molecular flexibility index (Phi) is 8.35. The number of nitrogens with zero attached hydrogens (tertiary/aromatic N) is 1. The number of nitrogens with two attached hydrogens (primary N) is 1. The van der Waals surface area contributed by atoms with Gasteiger partial charge in [-0.3, -0.25) is 14.4 Å². The summed E-state index contributed by atoms with van der Waals surface area (Å²) in [6.45, 7) is 3.51. The number of carboxylic acids is 1. The van der Waals surface area contributed by atoms with E-state index in [9.17, 15) is 24.3 Å². The standard InChI is InChI=1S/C21H30N4O5/c1-13(2)18(21(29)30)24-20(28)16-9-6-10-25(16)17(26)12-23-19(27)15(22)11-14-7-4-3-5-8-14/h3-5,7-8,13,15-16,18H,6,9-12,22H2,1-2H3,(H,23,27)(H,24,28)(H,29,30). The molecule has 5 N–H and O–H groups in total. The number of aliphatic carboxylic acids is 1. The van der Waals surface area contributed by atoms with Crippen molar-refractivity contribution in [1.29, 1.82) is 0 Å². The van der Waals surface area contributed by atoms with E-state index in [1.54, 1.807) is 13.8 Å². The van der Waals surface area contributed by atoms with Crippen LogP contribution in [0.2, 0.25) is 0 Å². The number of hydrogen-bond donors (Lipinski definition) is 4. The third kappa shape index (κ3) is 6.28. The number of amides is 3. The zero-order valence-electron chi connectivity index (χ0n) is 17.3. The maximum absolute atomic E-state index is 12.6. The quantitative estimate of drug-likeness (QED) is 0.441. The van der Waals surface area contributed by atoms with Gasteiger partial charge in [-0.25, -0.2) is 4.79 Å². The van der Waals surface area contributed by atoms with Gasteiger partial charge in [0.1, 0.15) is 12.1 Å². The minimum absolute atomic E-state index is 0.266. The van der Waals surface area contributed by atoms with Crippen molar-refractivity contribution >= 4 is 23.7 Å². The molecule has 9 nitrogen and oxygen atoms in total. The molecule has 1 aromatic rings. The van der Waals surface area contributed by atoms with Gasteiger partial charge in [-0.1, -0.05) is 44.2 Å². The highest BCUT2D eigenvalue weighted by molar-refractivity contribution is 5.93. The van der Waals surface area contributed by atoms with Crippen molar-refractivity contribution < 1.29 is 24.3 Å². The first kappa shape index (κ1) is 23.3. The molecule has 9 heteroatoms. The van der Waals surface area contributed by atoms with Crippen LogP contribution in [0, 0.1) is 5.92 Å². The molecule has 3 unspecified atom stereocenters. The van der Waals surface area contributed by atoms with Crippen LogP contribution in [0.4, 0.5) is 0 Å². The van der Waals surface area contributed by atoms with E-state index in [1.165, 1.54) is 4.90 Å². The Morgan fingerprint density at radius 1 is 1.20 bits per heavy atom. The number of benzene rings is 1. The van der Waals surface area contributed by atoms with E-state index in [4.69, 9.17) is 5.73 Å². The summed E-state index contributed by atoms with van der Waals surface area (Å²) in [6, 6.07) is 6.77. The molecule has 0 spiro atoms. The van der Waals surface area contributed by atoms with Gasteiger partial charge in [-0.05, 0) is 30.7 Å². The van der Waals surface area contributed by atoms with Crippen LogP contribution in [0.15, 0.2) is 30.3 Å². The summed E-state index contributed by atoms with van der Waals surface area (Å²) in [6.07, 6.45) is 1.43. The van der Waals surface area contributed by atoms with Gasteiger partial charge < -0.3 is 26.4 Å². The van der Waals surface area contributed by atoms with Crippen LogP contribution in [0.25, 0.3) is 0 Å². The van der Waals surface area contributed by atoms with Crippen molar-refractivity contribution in [2.45, 2.75) is 51.2 Å². The monoisotopic (exact) mass is 418 g/mol. The molecule has 164 valence electrons. The van der Waals surface area contributed by atoms with Crippen molar-refractivity contribution in [3.8, 4) is 0 Å². The molecule has 0 radical (unpaired) electrons. The van der Waals surface area contributed by atoms with Gasteiger partial charge in [0.2, 0.25) is 17.7 Å². The fraction of sp³-hybridized carbons (Fsp3) is 0.524. The van der Waals surface area contributed by atoms with Crippen LogP contribution in [0.5, 0.6) is 0 Å². The molecule has 3 atom stereocenters. The van der Waals surface area contributed by atoms with Crippen LogP contribution in [-0.4, -0.2) is 64.9 Å². The predicted molar refractivity (Wildman–Crippen MR) is 110 cm³/mol. The molecular weight excluding hydrogens is 388 g/mol. The van der Waals surface area contributed by atoms with Crippen LogP contribution < -0.4 is 16.4 Å². The van der Waals surface area contributed by atoms with Crippen LogP contribution in [-0.2, 0) is 25.6 Å². The number of carboxylic acid groups (broad SMARTS) is 1. The first-order valence-electron chi connectivity index (χ1n) is 10.1. The third-order valence-electron chi connectivity index (χ3n) is 5.16. The van der Waals surface area contributed by atoms with Crippen molar-refractivity contribution in [1.82, 2.24) is 15.5 Å². The normalized spacial score (nSPS) is 18.0. The third-order valence-corrected chi connectivity index (χ3v) is 5.16. The van der Waals surface area contributed by atoms with E-state index in [0.29, 0.717) is 25.8 Å². The summed E-state index contributed by atoms with van der Waals surface area (Å²) in [4.78, 5) is 50.1. The summed E-state index contributed by atoms with van der Waals surface area (Å²) in [5.41, 5.74) is 6.84. The molecule has 1 heterocycles. The molecule has 0 bridgehead atoms. The van der Waals surface area contributed by atoms with Gasteiger partial charge in [0.25, 0.3) is 0 Å². The predicted octanol–water partition coefficient (Wildman–Crippen LogP) is -0.111. The average Bonchev–Trinajstić information content (AvgIpc) is 3.20. The van der Waals surface area contributed by atoms with E-state index in [1.807, 2.05) is 30.3 Å². The summed E-state index contributed by atoms with van der Waals surface area (Å²) in [5.74, 6) is -2.74. The fourth-order valence-corrected chi connectivity index (χ4v) is 3.46. The Hall–Kier alpha value is -2.94. The van der Waals surface area contributed by atoms with Gasteiger partial charge in [-0.2, -0.15) is 0 Å². The minimum Gasteiger partial charge on any atom is -0.480 e. The number of carbonyl (C=O) groups is 4. The van der Waals surface area contributed by atoms with Crippen molar-refractivity contribution in [3.05, 3.63) is 35.9 Å². The van der Waals surface area contributed by atoms with Crippen molar-refractivity contribution in [3.63, 3.8) is 0 Å². The van der Waals surface area contributed by atoms with E-state index in [-0.39, 0.29) is 12.5 Å². The molecule has 0 aliphatic carbocycles. The zero-order valence-corrected chi connectivity index (χ0v) is 17.3. The summed E-state index contributed by atoms with van der Waals surface area (Å²) in [7, 11) is 0. The largest absolute Gasteiger partial charge is 0.480 e. The van der Waals surface area contributed by atoms with E-state index in [0.717, 1.165) is 5.56 Å². The molecule has 3 amide bonds. The van der Waals surface area contributed by atoms with Gasteiger partial charge in [0.05, 0.1) is 12.6 Å². The number of hydrogen-bond acceptors (Lipinski definition) is 5. The molecule has 0 aromatic heterocycles. The zero-order chi connectivity index (χ0) is 22.3. The Bertz CT molecular complexity index is 768. The number of nitrogens with one attached hydrogen (secondary N) is 2. The lowest BCUT2D eigenvalue weighted by atomic mass is 10.0. The lowest BCUT2D eigenvalue weighted by molar-refractivity contribution is -0.145. The van der Waals surface area contributed by atoms with Crippen LogP contribution >= 0.6 is 0 Å². The van der Waals surface area contributed by atoms with Crippen molar-refractivity contribution in [2.24, 2.45) is 11.7 Å². The lowest BCUT2D eigenvalue weighted by Crippen LogP contribution is -2.54. The summed E-state index contributed by atoms with van der Waals surface area (Å²) >= 11 is 0. The highest BCUT2D eigenvalue weighted by Gasteiger charge is 2.36. The Labute approximate surface area is 176 Å². The molecule has 1 fully saturated rings. The Morgan fingerprint density at radius 3 is 2.47 bits per heavy atom. The second-order valence-electron chi connectivity index (χ2n) is 7.83. The molecule has 30 heavy (non-hydrogen) atoms. The minimum atomic E-state index is -1.12. The first-order chi connectivity index (χ1) is 14.2. The van der Waals surface area contributed by atoms with Crippen molar-refractivity contribution in [2.75, 3.05) is 13.1 Å². The second kappa shape index (κ2) is 10.7. The Balaban J connectivity index is 1.88. The molecule has 2 rings (SSSR count).